The Balaban J connectivity index is 1.37. The fourth-order valence-corrected chi connectivity index (χ4v) is 7.07. The van der Waals surface area contributed by atoms with Gasteiger partial charge < -0.3 is 25.3 Å². The number of carbonyl (C=O) groups is 3. The van der Waals surface area contributed by atoms with Gasteiger partial charge in [0, 0.05) is 23.4 Å². The van der Waals surface area contributed by atoms with Crippen LogP contribution in [0, 0.1) is 22.7 Å². The monoisotopic (exact) mass is 567 g/mol. The number of benzene rings is 1. The van der Waals surface area contributed by atoms with Crippen molar-refractivity contribution in [2.24, 2.45) is 11.3 Å². The standard InChI is InChI=1S/C30H38ClN5O4/c1-29(2)12-9-18(26(37)35-29)13-19(16-32)33-27(38)23-15-30(10-5-4-6-11-30)17-36(23)28(39)22-14-20-24(40-3)8-7-21(31)25(20)34-22/h7-8,14,18-19,23,34H,4-6,9-13,15,17H2,1-3H3,(H,33,38)(H,35,37)/t18-,19-,23?/m0/s1. The predicted octanol–water partition coefficient (Wildman–Crippen LogP) is 4.70. The number of hydrogen-bond acceptors (Lipinski definition) is 5. The Hall–Kier alpha value is -3.25. The van der Waals surface area contributed by atoms with Crippen molar-refractivity contribution in [1.29, 1.82) is 5.26 Å². The molecule has 3 amide bonds. The number of fused-ring (bicyclic) bond motifs is 1. The summed E-state index contributed by atoms with van der Waals surface area (Å²) in [6.07, 6.45) is 7.51. The summed E-state index contributed by atoms with van der Waals surface area (Å²) in [5.74, 6) is -0.446. The topological polar surface area (TPSA) is 127 Å². The van der Waals surface area contributed by atoms with Crippen LogP contribution >= 0.6 is 11.6 Å². The average molecular weight is 568 g/mol. The molecule has 9 nitrogen and oxygen atoms in total. The van der Waals surface area contributed by atoms with Crippen molar-refractivity contribution in [2.75, 3.05) is 13.7 Å². The number of methoxy groups -OCH3 is 1. The smallest absolute Gasteiger partial charge is 0.271 e. The van der Waals surface area contributed by atoms with E-state index in [9.17, 15) is 19.6 Å². The Bertz CT molecular complexity index is 1360. The molecule has 214 valence electrons. The Kier molecular flexibility index (Phi) is 7.75. The summed E-state index contributed by atoms with van der Waals surface area (Å²) in [6.45, 7) is 4.45. The predicted molar refractivity (Wildman–Crippen MR) is 152 cm³/mol. The van der Waals surface area contributed by atoms with Gasteiger partial charge in [-0.1, -0.05) is 30.9 Å². The van der Waals surface area contributed by atoms with E-state index < -0.39 is 12.1 Å². The van der Waals surface area contributed by atoms with Crippen LogP contribution in [-0.4, -0.2) is 58.9 Å². The van der Waals surface area contributed by atoms with E-state index in [-0.39, 0.29) is 41.0 Å². The second-order valence-electron chi connectivity index (χ2n) is 12.5. The van der Waals surface area contributed by atoms with Crippen molar-refractivity contribution in [3.8, 4) is 11.8 Å². The van der Waals surface area contributed by atoms with Gasteiger partial charge in [-0.3, -0.25) is 14.4 Å². The summed E-state index contributed by atoms with van der Waals surface area (Å²) >= 11 is 6.40. The number of aromatic nitrogens is 1. The van der Waals surface area contributed by atoms with Gasteiger partial charge in [-0.05, 0) is 76.0 Å². The average Bonchev–Trinajstić information content (AvgIpc) is 3.53. The molecule has 2 aliphatic heterocycles. The third kappa shape index (κ3) is 5.51. The molecule has 1 aromatic carbocycles. The fraction of sp³-hybridized carbons (Fsp3) is 0.600. The maximum absolute atomic E-state index is 14.0. The Labute approximate surface area is 239 Å². The van der Waals surface area contributed by atoms with Crippen LogP contribution in [-0.2, 0) is 9.59 Å². The number of ether oxygens (including phenoxy) is 1. The molecule has 3 N–H and O–H groups in total. The zero-order valence-corrected chi connectivity index (χ0v) is 24.2. The van der Waals surface area contributed by atoms with Crippen LogP contribution in [0.1, 0.15) is 82.1 Å². The number of rotatable bonds is 6. The highest BCUT2D eigenvalue weighted by molar-refractivity contribution is 6.35. The number of nitrogens with one attached hydrogen (secondary N) is 3. The number of H-pyrrole nitrogens is 1. The first kappa shape index (κ1) is 28.3. The number of piperidine rings is 1. The molecule has 0 bridgehead atoms. The van der Waals surface area contributed by atoms with Crippen LogP contribution in [0.15, 0.2) is 18.2 Å². The quantitative estimate of drug-likeness (QED) is 0.466. The molecular formula is C30H38ClN5O4. The SMILES string of the molecule is COc1ccc(Cl)c2[nH]c(C(=O)N3CC4(CCCCC4)CC3C(=O)N[C@H](C#N)C[C@@H]3CCC(C)(C)NC3=O)cc12. The molecule has 1 saturated carbocycles. The van der Waals surface area contributed by atoms with E-state index in [1.165, 1.54) is 0 Å². The lowest BCUT2D eigenvalue weighted by Gasteiger charge is -2.35. The van der Waals surface area contributed by atoms with E-state index in [0.717, 1.165) is 38.5 Å². The van der Waals surface area contributed by atoms with Gasteiger partial charge in [0.25, 0.3) is 5.91 Å². The van der Waals surface area contributed by atoms with Crippen LogP contribution in [0.4, 0.5) is 0 Å². The molecule has 40 heavy (non-hydrogen) atoms. The molecular weight excluding hydrogens is 530 g/mol. The molecule has 3 heterocycles. The molecule has 3 fully saturated rings. The van der Waals surface area contributed by atoms with Gasteiger partial charge in [0.05, 0.1) is 23.7 Å². The van der Waals surface area contributed by atoms with E-state index in [1.807, 2.05) is 13.8 Å². The van der Waals surface area contributed by atoms with Crippen LogP contribution in [0.2, 0.25) is 5.02 Å². The van der Waals surface area contributed by atoms with Crippen molar-refractivity contribution in [3.63, 3.8) is 0 Å². The summed E-state index contributed by atoms with van der Waals surface area (Å²) < 4.78 is 5.46. The molecule has 1 aromatic heterocycles. The minimum absolute atomic E-state index is 0.0857. The first-order chi connectivity index (χ1) is 19.0. The maximum atomic E-state index is 14.0. The van der Waals surface area contributed by atoms with E-state index >= 15 is 0 Å². The third-order valence-electron chi connectivity index (χ3n) is 9.08. The summed E-state index contributed by atoms with van der Waals surface area (Å²) in [7, 11) is 1.56. The largest absolute Gasteiger partial charge is 0.496 e. The van der Waals surface area contributed by atoms with Gasteiger partial charge in [-0.15, -0.1) is 0 Å². The number of halogens is 1. The van der Waals surface area contributed by atoms with Gasteiger partial charge in [0.1, 0.15) is 23.5 Å². The Morgan fingerprint density at radius 3 is 2.67 bits per heavy atom. The van der Waals surface area contributed by atoms with Gasteiger partial charge >= 0.3 is 0 Å². The van der Waals surface area contributed by atoms with E-state index in [1.54, 1.807) is 30.2 Å². The third-order valence-corrected chi connectivity index (χ3v) is 9.40. The first-order valence-electron chi connectivity index (χ1n) is 14.2. The van der Waals surface area contributed by atoms with Gasteiger partial charge in [-0.2, -0.15) is 5.26 Å². The summed E-state index contributed by atoms with van der Waals surface area (Å²) in [5, 5.41) is 16.9. The minimum Gasteiger partial charge on any atom is -0.496 e. The molecule has 2 saturated heterocycles. The normalized spacial score (nSPS) is 24.4. The van der Waals surface area contributed by atoms with Crippen molar-refractivity contribution < 1.29 is 19.1 Å². The van der Waals surface area contributed by atoms with E-state index in [4.69, 9.17) is 16.3 Å². The zero-order chi connectivity index (χ0) is 28.7. The van der Waals surface area contributed by atoms with Gasteiger partial charge in [0.15, 0.2) is 0 Å². The zero-order valence-electron chi connectivity index (χ0n) is 23.4. The molecule has 10 heteroatoms. The summed E-state index contributed by atoms with van der Waals surface area (Å²) in [4.78, 5) is 45.1. The van der Waals surface area contributed by atoms with Crippen molar-refractivity contribution in [1.82, 2.24) is 20.5 Å². The molecule has 1 aliphatic carbocycles. The van der Waals surface area contributed by atoms with Crippen LogP contribution in [0.25, 0.3) is 10.9 Å². The molecule has 3 aliphatic rings. The van der Waals surface area contributed by atoms with Gasteiger partial charge in [0.2, 0.25) is 11.8 Å². The van der Waals surface area contributed by atoms with Crippen molar-refractivity contribution >= 4 is 40.2 Å². The van der Waals surface area contributed by atoms with Crippen molar-refractivity contribution in [3.05, 3.63) is 28.9 Å². The number of carbonyl (C=O) groups excluding carboxylic acids is 3. The first-order valence-corrected chi connectivity index (χ1v) is 14.6. The lowest BCUT2D eigenvalue weighted by atomic mass is 9.72. The van der Waals surface area contributed by atoms with E-state index in [2.05, 4.69) is 21.7 Å². The summed E-state index contributed by atoms with van der Waals surface area (Å²) in [5.41, 5.74) is 0.559. The second kappa shape index (κ2) is 11.0. The lowest BCUT2D eigenvalue weighted by Crippen LogP contribution is -2.53. The lowest BCUT2D eigenvalue weighted by molar-refractivity contribution is -0.130. The van der Waals surface area contributed by atoms with Crippen LogP contribution < -0.4 is 15.4 Å². The number of hydrogen-bond donors (Lipinski definition) is 3. The Morgan fingerprint density at radius 2 is 2.00 bits per heavy atom. The molecule has 2 aromatic rings. The number of amides is 3. The highest BCUT2D eigenvalue weighted by Crippen LogP contribution is 2.47. The second-order valence-corrected chi connectivity index (χ2v) is 12.9. The Morgan fingerprint density at radius 1 is 1.25 bits per heavy atom. The number of nitriles is 1. The highest BCUT2D eigenvalue weighted by atomic mass is 35.5. The molecule has 0 radical (unpaired) electrons. The number of aromatic amines is 1. The number of nitrogens with zero attached hydrogens (tertiary/aromatic N) is 2. The van der Waals surface area contributed by atoms with Crippen LogP contribution in [0.5, 0.6) is 5.75 Å². The molecule has 5 rings (SSSR count). The molecule has 1 unspecified atom stereocenters. The fourth-order valence-electron chi connectivity index (χ4n) is 6.86. The minimum atomic E-state index is -0.819. The van der Waals surface area contributed by atoms with Gasteiger partial charge in [-0.25, -0.2) is 0 Å². The molecule has 3 atom stereocenters. The number of likely N-dealkylation sites (tertiary alicyclic amines) is 1. The molecule has 1 spiro atoms. The van der Waals surface area contributed by atoms with E-state index in [0.29, 0.717) is 46.8 Å². The maximum Gasteiger partial charge on any atom is 0.271 e. The summed E-state index contributed by atoms with van der Waals surface area (Å²) in [6, 6.07) is 5.85. The van der Waals surface area contributed by atoms with Crippen LogP contribution in [0.3, 0.4) is 0 Å². The van der Waals surface area contributed by atoms with Crippen molar-refractivity contribution in [2.45, 2.75) is 89.3 Å². The highest BCUT2D eigenvalue weighted by Gasteiger charge is 2.49.